The summed E-state index contributed by atoms with van der Waals surface area (Å²) in [4.78, 5) is 28.3. The van der Waals surface area contributed by atoms with Crippen LogP contribution < -0.4 is 15.2 Å². The lowest BCUT2D eigenvalue weighted by atomic mass is 9.96. The number of likely N-dealkylation sites (tertiary alicyclic amines) is 2. The van der Waals surface area contributed by atoms with Gasteiger partial charge < -0.3 is 20.1 Å². The van der Waals surface area contributed by atoms with Gasteiger partial charge >= 0.3 is 0 Å². The number of primary amides is 1. The summed E-state index contributed by atoms with van der Waals surface area (Å²) in [7, 11) is 0. The van der Waals surface area contributed by atoms with E-state index in [0.29, 0.717) is 45.7 Å². The Bertz CT molecular complexity index is 730. The average Bonchev–Trinajstić information content (AvgIpc) is 3.03. The van der Waals surface area contributed by atoms with E-state index >= 15 is 0 Å². The normalized spacial score (nSPS) is 23.4. The molecule has 1 atom stereocenters. The third-order valence-electron chi connectivity index (χ3n) is 6.11. The molecule has 1 aromatic carbocycles. The Kier molecular flexibility index (Phi) is 5.71. The minimum atomic E-state index is -0.249. The Morgan fingerprint density at radius 3 is 2.50 bits per heavy atom. The van der Waals surface area contributed by atoms with Crippen LogP contribution in [0, 0.1) is 5.92 Å². The van der Waals surface area contributed by atoms with Gasteiger partial charge in [-0.05, 0) is 49.9 Å². The first-order valence-electron chi connectivity index (χ1n) is 10.3. The molecule has 7 nitrogen and oxygen atoms in total. The highest BCUT2D eigenvalue weighted by Gasteiger charge is 2.31. The number of hydrogen-bond acceptors (Lipinski definition) is 5. The van der Waals surface area contributed by atoms with Crippen LogP contribution in [0.25, 0.3) is 0 Å². The molecule has 4 rings (SSSR count). The van der Waals surface area contributed by atoms with Crippen molar-refractivity contribution in [3.8, 4) is 11.5 Å². The largest absolute Gasteiger partial charge is 0.490 e. The van der Waals surface area contributed by atoms with E-state index in [1.165, 1.54) is 5.56 Å². The zero-order valence-electron chi connectivity index (χ0n) is 16.3. The molecule has 152 valence electrons. The van der Waals surface area contributed by atoms with Crippen LogP contribution in [-0.2, 0) is 9.59 Å². The van der Waals surface area contributed by atoms with Gasteiger partial charge in [0.05, 0.1) is 19.8 Å². The summed E-state index contributed by atoms with van der Waals surface area (Å²) in [5, 5.41) is 0. The van der Waals surface area contributed by atoms with E-state index < -0.39 is 0 Å². The number of fused-ring (bicyclic) bond motifs is 1. The van der Waals surface area contributed by atoms with Crippen molar-refractivity contribution in [2.24, 2.45) is 11.7 Å². The molecule has 7 heteroatoms. The number of ether oxygens (including phenoxy) is 2. The number of benzene rings is 1. The van der Waals surface area contributed by atoms with Crippen molar-refractivity contribution in [1.82, 2.24) is 9.80 Å². The second-order valence-electron chi connectivity index (χ2n) is 7.94. The number of nitrogens with two attached hydrogens (primary N) is 1. The maximum Gasteiger partial charge on any atom is 0.236 e. The van der Waals surface area contributed by atoms with E-state index in [1.54, 1.807) is 0 Å². The van der Waals surface area contributed by atoms with Crippen LogP contribution in [0.4, 0.5) is 0 Å². The summed E-state index contributed by atoms with van der Waals surface area (Å²) in [6.07, 6.45) is 4.35. The molecule has 2 N–H and O–H groups in total. The van der Waals surface area contributed by atoms with Gasteiger partial charge in [0.2, 0.25) is 11.8 Å². The molecule has 2 amide bonds. The maximum absolute atomic E-state index is 12.8. The van der Waals surface area contributed by atoms with Crippen LogP contribution in [0.5, 0.6) is 11.5 Å². The lowest BCUT2D eigenvalue weighted by Crippen LogP contribution is -2.45. The Morgan fingerprint density at radius 1 is 1.00 bits per heavy atom. The molecule has 3 aliphatic rings. The molecule has 0 aliphatic carbocycles. The van der Waals surface area contributed by atoms with Gasteiger partial charge in [-0.1, -0.05) is 6.07 Å². The van der Waals surface area contributed by atoms with Gasteiger partial charge in [0.15, 0.2) is 11.5 Å². The number of piperidine rings is 1. The average molecular weight is 387 g/mol. The first-order valence-corrected chi connectivity index (χ1v) is 10.3. The summed E-state index contributed by atoms with van der Waals surface area (Å²) < 4.78 is 11.6. The van der Waals surface area contributed by atoms with Gasteiger partial charge in [-0.3, -0.25) is 14.5 Å². The van der Waals surface area contributed by atoms with E-state index in [4.69, 9.17) is 15.2 Å². The van der Waals surface area contributed by atoms with Gasteiger partial charge in [-0.2, -0.15) is 0 Å². The van der Waals surface area contributed by atoms with Crippen LogP contribution in [0.3, 0.4) is 0 Å². The van der Waals surface area contributed by atoms with E-state index in [0.717, 1.165) is 37.3 Å². The van der Waals surface area contributed by atoms with Crippen molar-refractivity contribution in [3.05, 3.63) is 23.8 Å². The van der Waals surface area contributed by atoms with Gasteiger partial charge in [-0.25, -0.2) is 0 Å². The second-order valence-corrected chi connectivity index (χ2v) is 7.94. The van der Waals surface area contributed by atoms with Gasteiger partial charge in [0.1, 0.15) is 0 Å². The van der Waals surface area contributed by atoms with Crippen LogP contribution in [0.15, 0.2) is 18.2 Å². The Labute approximate surface area is 165 Å². The molecule has 3 aliphatic heterocycles. The molecule has 0 saturated carbocycles. The molecule has 0 radical (unpaired) electrons. The van der Waals surface area contributed by atoms with Gasteiger partial charge in [0.25, 0.3) is 0 Å². The standard InChI is InChI=1S/C21H29N3O4/c22-21(26)15-6-9-23(10-7-15)20(25)14-24-8-1-3-17(24)16-4-5-18-19(13-16)28-12-2-11-27-18/h4-5,13,15,17H,1-3,6-12,14H2,(H2,22,26)/t17-/m1/s1. The predicted molar refractivity (Wildman–Crippen MR) is 104 cm³/mol. The second kappa shape index (κ2) is 8.39. The SMILES string of the molecule is NC(=O)C1CCN(C(=O)CN2CCC[C@@H]2c2ccc3c(c2)OCCCO3)CC1. The van der Waals surface area contributed by atoms with E-state index in [9.17, 15) is 9.59 Å². The van der Waals surface area contributed by atoms with E-state index in [-0.39, 0.29) is 23.8 Å². The fraction of sp³-hybridized carbons (Fsp3) is 0.619. The van der Waals surface area contributed by atoms with Gasteiger partial charge in [-0.15, -0.1) is 0 Å². The summed E-state index contributed by atoms with van der Waals surface area (Å²) in [5.74, 6) is 1.41. The third kappa shape index (κ3) is 4.09. The van der Waals surface area contributed by atoms with Crippen molar-refractivity contribution < 1.29 is 19.1 Å². The Morgan fingerprint density at radius 2 is 1.75 bits per heavy atom. The molecule has 2 saturated heterocycles. The first-order chi connectivity index (χ1) is 13.6. The molecule has 0 spiro atoms. The van der Waals surface area contributed by atoms with Crippen molar-refractivity contribution in [2.45, 2.75) is 38.1 Å². The topological polar surface area (TPSA) is 85.1 Å². The maximum atomic E-state index is 12.8. The molecule has 1 aromatic rings. The fourth-order valence-corrected chi connectivity index (χ4v) is 4.47. The number of carbonyl (C=O) groups is 2. The molecule has 0 unspecified atom stereocenters. The van der Waals surface area contributed by atoms with Crippen LogP contribution in [-0.4, -0.2) is 61.0 Å². The molecular formula is C21H29N3O4. The molecule has 2 fully saturated rings. The lowest BCUT2D eigenvalue weighted by Gasteiger charge is -2.33. The minimum absolute atomic E-state index is 0.0922. The highest BCUT2D eigenvalue weighted by atomic mass is 16.5. The van der Waals surface area contributed by atoms with Crippen molar-refractivity contribution in [2.75, 3.05) is 39.4 Å². The highest BCUT2D eigenvalue weighted by molar-refractivity contribution is 5.80. The van der Waals surface area contributed by atoms with Gasteiger partial charge in [0, 0.05) is 31.5 Å². The third-order valence-corrected chi connectivity index (χ3v) is 6.11. The van der Waals surface area contributed by atoms with Crippen LogP contribution in [0.1, 0.15) is 43.7 Å². The first kappa shape index (κ1) is 19.1. The molecule has 3 heterocycles. The smallest absolute Gasteiger partial charge is 0.236 e. The molecule has 28 heavy (non-hydrogen) atoms. The van der Waals surface area contributed by atoms with Crippen molar-refractivity contribution >= 4 is 11.8 Å². The Hall–Kier alpha value is -2.28. The number of nitrogens with zero attached hydrogens (tertiary/aromatic N) is 2. The van der Waals surface area contributed by atoms with E-state index in [2.05, 4.69) is 17.0 Å². The number of carbonyl (C=O) groups excluding carboxylic acids is 2. The molecular weight excluding hydrogens is 358 g/mol. The zero-order chi connectivity index (χ0) is 19.5. The highest BCUT2D eigenvalue weighted by Crippen LogP contribution is 2.37. The van der Waals surface area contributed by atoms with E-state index in [1.807, 2.05) is 11.0 Å². The summed E-state index contributed by atoms with van der Waals surface area (Å²) in [5.41, 5.74) is 6.57. The predicted octanol–water partition coefficient (Wildman–Crippen LogP) is 1.71. The minimum Gasteiger partial charge on any atom is -0.490 e. The monoisotopic (exact) mass is 387 g/mol. The number of rotatable bonds is 4. The quantitative estimate of drug-likeness (QED) is 0.850. The molecule has 0 aromatic heterocycles. The Balaban J connectivity index is 1.39. The number of hydrogen-bond donors (Lipinski definition) is 1. The summed E-state index contributed by atoms with van der Waals surface area (Å²) in [6, 6.07) is 6.39. The van der Waals surface area contributed by atoms with Crippen molar-refractivity contribution in [1.29, 1.82) is 0 Å². The lowest BCUT2D eigenvalue weighted by molar-refractivity contribution is -0.136. The van der Waals surface area contributed by atoms with Crippen LogP contribution in [0.2, 0.25) is 0 Å². The molecule has 0 bridgehead atoms. The van der Waals surface area contributed by atoms with Crippen molar-refractivity contribution in [3.63, 3.8) is 0 Å². The number of amides is 2. The summed E-state index contributed by atoms with van der Waals surface area (Å²) in [6.45, 7) is 3.93. The summed E-state index contributed by atoms with van der Waals surface area (Å²) >= 11 is 0. The van der Waals surface area contributed by atoms with Crippen LogP contribution >= 0.6 is 0 Å². The fourth-order valence-electron chi connectivity index (χ4n) is 4.47. The zero-order valence-corrected chi connectivity index (χ0v) is 16.3.